The Kier molecular flexibility index (Phi) is 6.65. The van der Waals surface area contributed by atoms with Crippen LogP contribution in [0.25, 0.3) is 22.2 Å². The molecule has 1 amide bonds. The molecule has 0 N–H and O–H groups in total. The third-order valence-corrected chi connectivity index (χ3v) is 6.86. The lowest BCUT2D eigenvalue weighted by molar-refractivity contribution is -0.132. The van der Waals surface area contributed by atoms with E-state index in [2.05, 4.69) is 47.1 Å². The topological polar surface area (TPSA) is 63.9 Å². The number of amides is 1. The van der Waals surface area contributed by atoms with Crippen molar-refractivity contribution in [1.29, 1.82) is 0 Å². The second kappa shape index (κ2) is 10.2. The maximum Gasteiger partial charge on any atom is 0.227 e. The highest BCUT2D eigenvalue weighted by Gasteiger charge is 2.27. The number of fused-ring (bicyclic) bond motifs is 1. The monoisotopic (exact) mass is 453 g/mol. The zero-order valence-electron chi connectivity index (χ0n) is 19.7. The molecule has 2 heterocycles. The molecule has 0 aliphatic heterocycles. The lowest BCUT2D eigenvalue weighted by Crippen LogP contribution is -2.42. The summed E-state index contributed by atoms with van der Waals surface area (Å²) in [7, 11) is 0. The van der Waals surface area contributed by atoms with Gasteiger partial charge in [-0.3, -0.25) is 9.78 Å². The summed E-state index contributed by atoms with van der Waals surface area (Å²) in [6.07, 6.45) is 9.30. The molecule has 4 aromatic rings. The minimum Gasteiger partial charge on any atom is -0.338 e. The van der Waals surface area contributed by atoms with Crippen LogP contribution in [0.3, 0.4) is 0 Å². The second-order valence-corrected chi connectivity index (χ2v) is 9.00. The van der Waals surface area contributed by atoms with Crippen LogP contribution in [-0.4, -0.2) is 43.1 Å². The number of benzene rings is 2. The Morgan fingerprint density at radius 1 is 1.03 bits per heavy atom. The van der Waals surface area contributed by atoms with E-state index in [0.717, 1.165) is 41.6 Å². The fraction of sp³-hybridized carbons (Fsp3) is 0.357. The van der Waals surface area contributed by atoms with E-state index in [1.54, 1.807) is 12.4 Å². The van der Waals surface area contributed by atoms with E-state index in [1.807, 2.05) is 28.9 Å². The molecule has 0 atom stereocenters. The number of carbonyl (C=O) groups is 1. The van der Waals surface area contributed by atoms with Crippen molar-refractivity contribution < 1.29 is 4.79 Å². The van der Waals surface area contributed by atoms with Crippen molar-refractivity contribution in [3.63, 3.8) is 0 Å². The Bertz CT molecular complexity index is 1260. The van der Waals surface area contributed by atoms with E-state index in [9.17, 15) is 4.79 Å². The SMILES string of the molecule is CCc1nc(-c2ccncc2)nn1CCN(C(=O)Cc1cccc2ccccc12)C1CCCC1. The van der Waals surface area contributed by atoms with Gasteiger partial charge in [-0.15, -0.1) is 0 Å². The molecule has 2 aromatic heterocycles. The van der Waals surface area contributed by atoms with Crippen molar-refractivity contribution in [3.8, 4) is 11.4 Å². The summed E-state index contributed by atoms with van der Waals surface area (Å²) >= 11 is 0. The van der Waals surface area contributed by atoms with Crippen LogP contribution in [0.5, 0.6) is 0 Å². The quantitative estimate of drug-likeness (QED) is 0.374. The first-order chi connectivity index (χ1) is 16.7. The number of nitrogens with zero attached hydrogens (tertiary/aromatic N) is 5. The van der Waals surface area contributed by atoms with Crippen LogP contribution in [0.2, 0.25) is 0 Å². The molecule has 0 bridgehead atoms. The van der Waals surface area contributed by atoms with Crippen molar-refractivity contribution in [2.24, 2.45) is 0 Å². The summed E-state index contributed by atoms with van der Waals surface area (Å²) in [6.45, 7) is 3.40. The first kappa shape index (κ1) is 22.3. The predicted octanol–water partition coefficient (Wildman–Crippen LogP) is 5.07. The van der Waals surface area contributed by atoms with Gasteiger partial charge in [0.1, 0.15) is 5.82 Å². The molecule has 2 aromatic carbocycles. The molecule has 6 heteroatoms. The summed E-state index contributed by atoms with van der Waals surface area (Å²) in [6, 6.07) is 18.7. The fourth-order valence-corrected chi connectivity index (χ4v) is 5.08. The summed E-state index contributed by atoms with van der Waals surface area (Å²) < 4.78 is 1.98. The second-order valence-electron chi connectivity index (χ2n) is 9.00. The van der Waals surface area contributed by atoms with Crippen LogP contribution in [0, 0.1) is 0 Å². The minimum atomic E-state index is 0.204. The summed E-state index contributed by atoms with van der Waals surface area (Å²) in [5.74, 6) is 1.87. The van der Waals surface area contributed by atoms with Gasteiger partial charge in [0.15, 0.2) is 5.82 Å². The van der Waals surface area contributed by atoms with Crippen LogP contribution in [0.4, 0.5) is 0 Å². The molecule has 0 saturated heterocycles. The Balaban J connectivity index is 1.36. The highest BCUT2D eigenvalue weighted by Crippen LogP contribution is 2.26. The predicted molar refractivity (Wildman–Crippen MR) is 134 cm³/mol. The molecule has 1 aliphatic carbocycles. The molecule has 0 unspecified atom stereocenters. The van der Waals surface area contributed by atoms with Gasteiger partial charge < -0.3 is 4.90 Å². The molecule has 5 rings (SSSR count). The number of hydrogen-bond acceptors (Lipinski definition) is 4. The molecule has 174 valence electrons. The van der Waals surface area contributed by atoms with E-state index in [-0.39, 0.29) is 5.91 Å². The van der Waals surface area contributed by atoms with Crippen molar-refractivity contribution in [2.45, 2.75) is 58.0 Å². The molecule has 1 aliphatic rings. The molecule has 34 heavy (non-hydrogen) atoms. The smallest absolute Gasteiger partial charge is 0.227 e. The number of pyridine rings is 1. The largest absolute Gasteiger partial charge is 0.338 e. The van der Waals surface area contributed by atoms with Gasteiger partial charge in [-0.25, -0.2) is 9.67 Å². The standard InChI is InChI=1S/C28H31N5O/c1-2-26-30-28(22-14-16-29-17-15-22)31-33(26)19-18-32(24-11-4-5-12-24)27(34)20-23-10-7-9-21-8-3-6-13-25(21)23/h3,6-10,13-17,24H,2,4-5,11-12,18-20H2,1H3. The number of aromatic nitrogens is 4. The highest BCUT2D eigenvalue weighted by atomic mass is 16.2. The van der Waals surface area contributed by atoms with Crippen LogP contribution in [0.1, 0.15) is 44.0 Å². The van der Waals surface area contributed by atoms with Crippen molar-refractivity contribution in [2.75, 3.05) is 6.54 Å². The van der Waals surface area contributed by atoms with Gasteiger partial charge in [0, 0.05) is 37.0 Å². The fourth-order valence-electron chi connectivity index (χ4n) is 5.08. The highest BCUT2D eigenvalue weighted by molar-refractivity contribution is 5.90. The zero-order chi connectivity index (χ0) is 23.3. The van der Waals surface area contributed by atoms with Gasteiger partial charge in [0.05, 0.1) is 13.0 Å². The van der Waals surface area contributed by atoms with Crippen molar-refractivity contribution in [3.05, 3.63) is 78.4 Å². The Morgan fingerprint density at radius 2 is 1.79 bits per heavy atom. The van der Waals surface area contributed by atoms with Crippen molar-refractivity contribution >= 4 is 16.7 Å². The average Bonchev–Trinajstić information content (AvgIpc) is 3.55. The summed E-state index contributed by atoms with van der Waals surface area (Å²) in [4.78, 5) is 24.6. The lowest BCUT2D eigenvalue weighted by atomic mass is 10.0. The molecular weight excluding hydrogens is 422 g/mol. The summed E-state index contributed by atoms with van der Waals surface area (Å²) in [5.41, 5.74) is 2.06. The first-order valence-corrected chi connectivity index (χ1v) is 12.3. The molecule has 0 spiro atoms. The summed E-state index contributed by atoms with van der Waals surface area (Å²) in [5, 5.41) is 7.12. The average molecular weight is 454 g/mol. The van der Waals surface area contributed by atoms with E-state index in [4.69, 9.17) is 10.1 Å². The molecule has 1 saturated carbocycles. The minimum absolute atomic E-state index is 0.204. The molecular formula is C28H31N5O. The normalized spacial score (nSPS) is 14.0. The number of aryl methyl sites for hydroxylation is 1. The maximum absolute atomic E-state index is 13.6. The van der Waals surface area contributed by atoms with E-state index < -0.39 is 0 Å². The van der Waals surface area contributed by atoms with Crippen LogP contribution < -0.4 is 0 Å². The van der Waals surface area contributed by atoms with E-state index >= 15 is 0 Å². The first-order valence-electron chi connectivity index (χ1n) is 12.3. The van der Waals surface area contributed by atoms with Gasteiger partial charge in [-0.1, -0.05) is 62.2 Å². The lowest BCUT2D eigenvalue weighted by Gasteiger charge is -2.29. The van der Waals surface area contributed by atoms with Gasteiger partial charge >= 0.3 is 0 Å². The number of hydrogen-bond donors (Lipinski definition) is 0. The van der Waals surface area contributed by atoms with E-state index in [0.29, 0.717) is 31.4 Å². The number of rotatable bonds is 8. The van der Waals surface area contributed by atoms with E-state index in [1.165, 1.54) is 18.2 Å². The molecule has 0 radical (unpaired) electrons. The van der Waals surface area contributed by atoms with Gasteiger partial charge in [0.2, 0.25) is 5.91 Å². The zero-order valence-corrected chi connectivity index (χ0v) is 19.7. The Morgan fingerprint density at radius 3 is 2.59 bits per heavy atom. The number of carbonyl (C=O) groups excluding carboxylic acids is 1. The van der Waals surface area contributed by atoms with Gasteiger partial charge in [-0.05, 0) is 41.3 Å². The maximum atomic E-state index is 13.6. The van der Waals surface area contributed by atoms with Crippen molar-refractivity contribution in [1.82, 2.24) is 24.6 Å². The van der Waals surface area contributed by atoms with Gasteiger partial charge in [0.25, 0.3) is 0 Å². The third-order valence-electron chi connectivity index (χ3n) is 6.86. The van der Waals surface area contributed by atoms with Gasteiger partial charge in [-0.2, -0.15) is 5.10 Å². The van der Waals surface area contributed by atoms with Crippen LogP contribution in [0.15, 0.2) is 67.0 Å². The Hall–Kier alpha value is -3.54. The van der Waals surface area contributed by atoms with Crippen LogP contribution in [-0.2, 0) is 24.2 Å². The Labute approximate surface area is 200 Å². The third kappa shape index (κ3) is 4.72. The molecule has 1 fully saturated rings. The van der Waals surface area contributed by atoms with Crippen LogP contribution >= 0.6 is 0 Å². The molecule has 6 nitrogen and oxygen atoms in total.